The summed E-state index contributed by atoms with van der Waals surface area (Å²) in [4.78, 5) is 4.55. The maximum absolute atomic E-state index is 10.3. The van der Waals surface area contributed by atoms with Crippen LogP contribution in [0.5, 0.6) is 5.75 Å². The van der Waals surface area contributed by atoms with Crippen LogP contribution >= 0.6 is 23.2 Å². The van der Waals surface area contributed by atoms with E-state index in [2.05, 4.69) is 10.3 Å². The standard InChI is InChI=1S/C21H20Cl2N2O3/c1-12-2-3-20(28)18(4-12)19-7-14(13-5-15(22)9-16(23)6-13)8-21(25-19)24-10-17(27)11-26/h2-9,17,26-28H,10-11H2,1H3,(H,24,25). The van der Waals surface area contributed by atoms with E-state index in [1.165, 1.54) is 0 Å². The number of hydrogen-bond donors (Lipinski definition) is 4. The average Bonchev–Trinajstić information content (AvgIpc) is 2.67. The van der Waals surface area contributed by atoms with Gasteiger partial charge in [-0.25, -0.2) is 4.98 Å². The molecule has 2 aromatic carbocycles. The number of benzene rings is 2. The Morgan fingerprint density at radius 1 is 1.00 bits per heavy atom. The number of nitrogens with one attached hydrogen (secondary N) is 1. The molecule has 0 aliphatic rings. The Bertz CT molecular complexity index is 975. The van der Waals surface area contributed by atoms with Gasteiger partial charge in [0.15, 0.2) is 0 Å². The van der Waals surface area contributed by atoms with Gasteiger partial charge in [-0.3, -0.25) is 0 Å². The van der Waals surface area contributed by atoms with Crippen LogP contribution in [0.2, 0.25) is 10.0 Å². The first-order valence-corrected chi connectivity index (χ1v) is 9.42. The molecule has 1 atom stereocenters. The minimum absolute atomic E-state index is 0.112. The highest BCUT2D eigenvalue weighted by molar-refractivity contribution is 6.35. The molecule has 0 aliphatic heterocycles. The van der Waals surface area contributed by atoms with Crippen molar-refractivity contribution in [2.45, 2.75) is 13.0 Å². The minimum atomic E-state index is -0.915. The van der Waals surface area contributed by atoms with Crippen LogP contribution in [-0.4, -0.2) is 39.6 Å². The van der Waals surface area contributed by atoms with Gasteiger partial charge in [-0.1, -0.05) is 34.8 Å². The summed E-state index contributed by atoms with van der Waals surface area (Å²) in [7, 11) is 0. The second kappa shape index (κ2) is 8.80. The lowest BCUT2D eigenvalue weighted by Gasteiger charge is -2.14. The third kappa shape index (κ3) is 4.94. The van der Waals surface area contributed by atoms with Crippen LogP contribution in [0.25, 0.3) is 22.4 Å². The van der Waals surface area contributed by atoms with E-state index in [4.69, 9.17) is 28.3 Å². The van der Waals surface area contributed by atoms with Crippen LogP contribution < -0.4 is 5.32 Å². The van der Waals surface area contributed by atoms with Gasteiger partial charge in [-0.05, 0) is 60.5 Å². The average molecular weight is 419 g/mol. The minimum Gasteiger partial charge on any atom is -0.507 e. The van der Waals surface area contributed by atoms with Gasteiger partial charge in [0.1, 0.15) is 11.6 Å². The number of rotatable bonds is 6. The topological polar surface area (TPSA) is 85.6 Å². The molecule has 28 heavy (non-hydrogen) atoms. The third-order valence-corrected chi connectivity index (χ3v) is 4.62. The molecule has 0 fully saturated rings. The second-order valence-electron chi connectivity index (χ2n) is 6.52. The SMILES string of the molecule is Cc1ccc(O)c(-c2cc(-c3cc(Cl)cc(Cl)c3)cc(NCC(O)CO)n2)c1. The van der Waals surface area contributed by atoms with Crippen molar-refractivity contribution in [3.05, 3.63) is 64.1 Å². The molecule has 0 saturated heterocycles. The lowest BCUT2D eigenvalue weighted by molar-refractivity contribution is 0.105. The number of aliphatic hydroxyl groups excluding tert-OH is 2. The Hall–Kier alpha value is -2.31. The first kappa shape index (κ1) is 20.4. The van der Waals surface area contributed by atoms with Gasteiger partial charge in [-0.15, -0.1) is 0 Å². The molecular formula is C21H20Cl2N2O3. The quantitative estimate of drug-likeness (QED) is 0.473. The van der Waals surface area contributed by atoms with Gasteiger partial charge >= 0.3 is 0 Å². The summed E-state index contributed by atoms with van der Waals surface area (Å²) in [5, 5.41) is 33.0. The fourth-order valence-electron chi connectivity index (χ4n) is 2.79. The number of aryl methyl sites for hydroxylation is 1. The molecule has 1 unspecified atom stereocenters. The molecule has 146 valence electrons. The second-order valence-corrected chi connectivity index (χ2v) is 7.40. The number of halogens is 2. The number of phenols is 1. The van der Waals surface area contributed by atoms with E-state index >= 15 is 0 Å². The molecule has 0 bridgehead atoms. The molecule has 1 aromatic heterocycles. The number of aromatic nitrogens is 1. The molecule has 5 nitrogen and oxygen atoms in total. The maximum Gasteiger partial charge on any atom is 0.127 e. The summed E-state index contributed by atoms with van der Waals surface area (Å²) >= 11 is 12.3. The molecule has 0 saturated carbocycles. The fraction of sp³-hybridized carbons (Fsp3) is 0.190. The molecule has 1 heterocycles. The number of phenolic OH excluding ortho intramolecular Hbond substituents is 1. The van der Waals surface area contributed by atoms with Crippen LogP contribution in [-0.2, 0) is 0 Å². The maximum atomic E-state index is 10.3. The molecule has 0 radical (unpaired) electrons. The smallest absolute Gasteiger partial charge is 0.127 e. The zero-order valence-corrected chi connectivity index (χ0v) is 16.7. The van der Waals surface area contributed by atoms with E-state index in [-0.39, 0.29) is 18.9 Å². The normalized spacial score (nSPS) is 12.0. The molecule has 0 amide bonds. The molecule has 4 N–H and O–H groups in total. The molecule has 0 aliphatic carbocycles. The summed E-state index contributed by atoms with van der Waals surface area (Å²) in [6.07, 6.45) is -0.915. The zero-order valence-electron chi connectivity index (χ0n) is 15.2. The molecule has 7 heteroatoms. The van der Waals surface area contributed by atoms with Gasteiger partial charge in [-0.2, -0.15) is 0 Å². The predicted octanol–water partition coefficient (Wildman–Crippen LogP) is 4.50. The number of aliphatic hydroxyl groups is 2. The van der Waals surface area contributed by atoms with Crippen molar-refractivity contribution >= 4 is 29.0 Å². The molecule has 3 aromatic rings. The lowest BCUT2D eigenvalue weighted by atomic mass is 10.0. The first-order valence-electron chi connectivity index (χ1n) is 8.67. The van der Waals surface area contributed by atoms with Crippen molar-refractivity contribution in [2.75, 3.05) is 18.5 Å². The summed E-state index contributed by atoms with van der Waals surface area (Å²) in [5.74, 6) is 0.595. The van der Waals surface area contributed by atoms with Crippen molar-refractivity contribution in [3.8, 4) is 28.1 Å². The summed E-state index contributed by atoms with van der Waals surface area (Å²) < 4.78 is 0. The fourth-order valence-corrected chi connectivity index (χ4v) is 3.31. The predicted molar refractivity (Wildman–Crippen MR) is 113 cm³/mol. The monoisotopic (exact) mass is 418 g/mol. The van der Waals surface area contributed by atoms with Crippen LogP contribution in [0.1, 0.15) is 5.56 Å². The Labute approximate surface area is 173 Å². The van der Waals surface area contributed by atoms with Gasteiger partial charge in [0.2, 0.25) is 0 Å². The molecular weight excluding hydrogens is 399 g/mol. The third-order valence-electron chi connectivity index (χ3n) is 4.18. The molecule has 0 spiro atoms. The number of hydrogen-bond acceptors (Lipinski definition) is 5. The van der Waals surface area contributed by atoms with E-state index in [0.29, 0.717) is 27.1 Å². The number of aromatic hydroxyl groups is 1. The Morgan fingerprint density at radius 3 is 2.36 bits per heavy atom. The van der Waals surface area contributed by atoms with E-state index in [1.807, 2.05) is 25.1 Å². The highest BCUT2D eigenvalue weighted by atomic mass is 35.5. The first-order chi connectivity index (χ1) is 13.4. The Morgan fingerprint density at radius 2 is 1.68 bits per heavy atom. The van der Waals surface area contributed by atoms with E-state index in [9.17, 15) is 10.2 Å². The highest BCUT2D eigenvalue weighted by Crippen LogP contribution is 2.34. The highest BCUT2D eigenvalue weighted by Gasteiger charge is 2.12. The number of anilines is 1. The van der Waals surface area contributed by atoms with Crippen LogP contribution in [0, 0.1) is 6.92 Å². The van der Waals surface area contributed by atoms with Crippen LogP contribution in [0.3, 0.4) is 0 Å². The van der Waals surface area contributed by atoms with E-state index in [0.717, 1.165) is 16.7 Å². The lowest BCUT2D eigenvalue weighted by Crippen LogP contribution is -2.23. The largest absolute Gasteiger partial charge is 0.507 e. The van der Waals surface area contributed by atoms with Crippen molar-refractivity contribution < 1.29 is 15.3 Å². The van der Waals surface area contributed by atoms with E-state index in [1.54, 1.807) is 30.3 Å². The Kier molecular flexibility index (Phi) is 6.42. The van der Waals surface area contributed by atoms with Gasteiger partial charge < -0.3 is 20.6 Å². The summed E-state index contributed by atoms with van der Waals surface area (Å²) in [6.45, 7) is 1.70. The molecule has 3 rings (SSSR count). The Balaban J connectivity index is 2.12. The van der Waals surface area contributed by atoms with Crippen molar-refractivity contribution in [3.63, 3.8) is 0 Å². The van der Waals surface area contributed by atoms with Crippen LogP contribution in [0.4, 0.5) is 5.82 Å². The van der Waals surface area contributed by atoms with Gasteiger partial charge in [0, 0.05) is 22.2 Å². The number of nitrogens with zero attached hydrogens (tertiary/aromatic N) is 1. The van der Waals surface area contributed by atoms with Crippen molar-refractivity contribution in [1.82, 2.24) is 4.98 Å². The van der Waals surface area contributed by atoms with Crippen molar-refractivity contribution in [2.24, 2.45) is 0 Å². The summed E-state index contributed by atoms with van der Waals surface area (Å²) in [6, 6.07) is 14.1. The number of pyridine rings is 1. The van der Waals surface area contributed by atoms with Crippen LogP contribution in [0.15, 0.2) is 48.5 Å². The van der Waals surface area contributed by atoms with E-state index < -0.39 is 6.10 Å². The van der Waals surface area contributed by atoms with Gasteiger partial charge in [0.05, 0.1) is 18.4 Å². The van der Waals surface area contributed by atoms with Crippen molar-refractivity contribution in [1.29, 1.82) is 0 Å². The zero-order chi connectivity index (χ0) is 20.3. The summed E-state index contributed by atoms with van der Waals surface area (Å²) in [5.41, 5.74) is 3.70. The van der Waals surface area contributed by atoms with Gasteiger partial charge in [0.25, 0.3) is 0 Å².